The second-order valence-electron chi connectivity index (χ2n) is 4.53. The number of carbonyl (C=O) groups is 1. The monoisotopic (exact) mass is 242 g/mol. The summed E-state index contributed by atoms with van der Waals surface area (Å²) in [5.41, 5.74) is -0.460. The fourth-order valence-electron chi connectivity index (χ4n) is 2.08. The van der Waals surface area contributed by atoms with Gasteiger partial charge < -0.3 is 9.47 Å². The molecule has 92 valence electrons. The highest BCUT2D eigenvalue weighted by Gasteiger charge is 2.67. The van der Waals surface area contributed by atoms with E-state index in [1.807, 2.05) is 12.1 Å². The van der Waals surface area contributed by atoms with Gasteiger partial charge in [0.2, 0.25) is 5.78 Å². The van der Waals surface area contributed by atoms with Crippen LogP contribution in [0.4, 0.5) is 0 Å². The van der Waals surface area contributed by atoms with Crippen molar-refractivity contribution in [3.05, 3.63) is 29.8 Å². The molecule has 3 heteroatoms. The standard InChI is InChI=1S/C15H14O3/c1-2-3-4-7-10-15-13(16)11-8-5-6-9-12(11)17-14(15)18-15/h5-6,8-9,14H,2-4H2,1H3. The minimum Gasteiger partial charge on any atom is -0.459 e. The third kappa shape index (κ3) is 1.61. The molecule has 3 nitrogen and oxygen atoms in total. The lowest BCUT2D eigenvalue weighted by molar-refractivity contribution is 0.0908. The van der Waals surface area contributed by atoms with Crippen LogP contribution in [0.2, 0.25) is 0 Å². The van der Waals surface area contributed by atoms with Crippen LogP contribution in [0.3, 0.4) is 0 Å². The van der Waals surface area contributed by atoms with E-state index in [1.165, 1.54) is 0 Å². The molecule has 0 N–H and O–H groups in total. The predicted molar refractivity (Wildman–Crippen MR) is 66.3 cm³/mol. The molecule has 0 saturated carbocycles. The lowest BCUT2D eigenvalue weighted by Gasteiger charge is -2.15. The van der Waals surface area contributed by atoms with Crippen LogP contribution < -0.4 is 4.74 Å². The molecule has 1 aromatic carbocycles. The van der Waals surface area contributed by atoms with Gasteiger partial charge in [-0.15, -0.1) is 0 Å². The van der Waals surface area contributed by atoms with Crippen LogP contribution in [-0.4, -0.2) is 17.7 Å². The van der Waals surface area contributed by atoms with Crippen molar-refractivity contribution in [3.63, 3.8) is 0 Å². The van der Waals surface area contributed by atoms with E-state index in [-0.39, 0.29) is 5.78 Å². The molecule has 1 saturated heterocycles. The Bertz CT molecular complexity index is 552. The highest BCUT2D eigenvalue weighted by Crippen LogP contribution is 2.46. The van der Waals surface area contributed by atoms with Crippen molar-refractivity contribution in [2.75, 3.05) is 0 Å². The maximum absolute atomic E-state index is 12.3. The molecule has 2 heterocycles. The van der Waals surface area contributed by atoms with Crippen LogP contribution in [0.25, 0.3) is 0 Å². The first-order valence-electron chi connectivity index (χ1n) is 6.26. The lowest BCUT2D eigenvalue weighted by Crippen LogP contribution is -2.32. The van der Waals surface area contributed by atoms with E-state index in [1.54, 1.807) is 12.1 Å². The summed E-state index contributed by atoms with van der Waals surface area (Å²) in [5.74, 6) is 6.50. The molecule has 0 bridgehead atoms. The SMILES string of the molecule is CCCCC#CC12OC1Oc1ccccc1C2=O. The summed E-state index contributed by atoms with van der Waals surface area (Å²) in [7, 11) is 0. The van der Waals surface area contributed by atoms with Gasteiger partial charge in [-0.1, -0.05) is 37.3 Å². The first kappa shape index (κ1) is 11.3. The first-order valence-corrected chi connectivity index (χ1v) is 6.26. The molecule has 0 aliphatic carbocycles. The topological polar surface area (TPSA) is 38.8 Å². The molecule has 2 atom stereocenters. The Labute approximate surface area is 106 Å². The normalized spacial score (nSPS) is 27.4. The molecule has 2 aliphatic heterocycles. The van der Waals surface area contributed by atoms with Crippen LogP contribution in [0.1, 0.15) is 36.5 Å². The number of unbranched alkanes of at least 4 members (excludes halogenated alkanes) is 2. The van der Waals surface area contributed by atoms with Gasteiger partial charge in [0.05, 0.1) is 5.56 Å². The van der Waals surface area contributed by atoms with E-state index in [2.05, 4.69) is 18.8 Å². The fourth-order valence-corrected chi connectivity index (χ4v) is 2.08. The average molecular weight is 242 g/mol. The summed E-state index contributed by atoms with van der Waals surface area (Å²) in [5, 5.41) is 0. The van der Waals surface area contributed by atoms with Crippen LogP contribution in [-0.2, 0) is 4.74 Å². The Morgan fingerprint density at radius 3 is 3.06 bits per heavy atom. The van der Waals surface area contributed by atoms with Crippen LogP contribution in [0.5, 0.6) is 5.75 Å². The van der Waals surface area contributed by atoms with Gasteiger partial charge in [0, 0.05) is 6.42 Å². The molecule has 18 heavy (non-hydrogen) atoms. The smallest absolute Gasteiger partial charge is 0.257 e. The molecular weight excluding hydrogens is 228 g/mol. The third-order valence-electron chi connectivity index (χ3n) is 3.20. The van der Waals surface area contributed by atoms with Crippen molar-refractivity contribution in [1.82, 2.24) is 0 Å². The van der Waals surface area contributed by atoms with Gasteiger partial charge in [0.15, 0.2) is 0 Å². The number of fused-ring (bicyclic) bond motifs is 2. The Morgan fingerprint density at radius 1 is 1.39 bits per heavy atom. The molecular formula is C15H14O3. The maximum Gasteiger partial charge on any atom is 0.257 e. The number of rotatable bonds is 2. The number of ketones is 1. The van der Waals surface area contributed by atoms with Crippen molar-refractivity contribution < 1.29 is 14.3 Å². The quantitative estimate of drug-likeness (QED) is 0.454. The zero-order valence-corrected chi connectivity index (χ0v) is 10.2. The molecule has 3 rings (SSSR count). The average Bonchev–Trinajstić information content (AvgIpc) is 3.10. The van der Waals surface area contributed by atoms with Crippen LogP contribution in [0.15, 0.2) is 24.3 Å². The zero-order valence-electron chi connectivity index (χ0n) is 10.2. The number of carbonyl (C=O) groups excluding carboxylic acids is 1. The van der Waals surface area contributed by atoms with Gasteiger partial charge in [0.1, 0.15) is 5.75 Å². The van der Waals surface area contributed by atoms with Gasteiger partial charge in [0.25, 0.3) is 11.9 Å². The Morgan fingerprint density at radius 2 is 2.22 bits per heavy atom. The number of benzene rings is 1. The summed E-state index contributed by atoms with van der Waals surface area (Å²) in [6, 6.07) is 7.20. The van der Waals surface area contributed by atoms with E-state index in [0.29, 0.717) is 11.3 Å². The van der Waals surface area contributed by atoms with Crippen molar-refractivity contribution >= 4 is 5.78 Å². The second kappa shape index (κ2) is 4.15. The van der Waals surface area contributed by atoms with Gasteiger partial charge >= 0.3 is 0 Å². The molecule has 1 aromatic rings. The molecule has 0 radical (unpaired) electrons. The van der Waals surface area contributed by atoms with Gasteiger partial charge in [-0.2, -0.15) is 0 Å². The van der Waals surface area contributed by atoms with E-state index < -0.39 is 11.9 Å². The van der Waals surface area contributed by atoms with Crippen molar-refractivity contribution in [1.29, 1.82) is 0 Å². The number of hydrogen-bond acceptors (Lipinski definition) is 3. The molecule has 0 spiro atoms. The molecule has 1 fully saturated rings. The van der Waals surface area contributed by atoms with Gasteiger partial charge in [-0.25, -0.2) is 0 Å². The number of epoxide rings is 1. The summed E-state index contributed by atoms with van der Waals surface area (Å²) >= 11 is 0. The Balaban J connectivity index is 1.85. The Hall–Kier alpha value is -1.79. The maximum atomic E-state index is 12.3. The molecule has 0 amide bonds. The number of ether oxygens (including phenoxy) is 2. The molecule has 2 unspecified atom stereocenters. The largest absolute Gasteiger partial charge is 0.459 e. The third-order valence-corrected chi connectivity index (χ3v) is 3.20. The summed E-state index contributed by atoms with van der Waals surface area (Å²) in [6.07, 6.45) is 2.41. The number of hydrogen-bond donors (Lipinski definition) is 0. The van der Waals surface area contributed by atoms with Gasteiger partial charge in [-0.3, -0.25) is 4.79 Å². The van der Waals surface area contributed by atoms with Crippen LogP contribution >= 0.6 is 0 Å². The van der Waals surface area contributed by atoms with Crippen LogP contribution in [0, 0.1) is 11.8 Å². The van der Waals surface area contributed by atoms with E-state index in [9.17, 15) is 4.79 Å². The van der Waals surface area contributed by atoms with Crippen molar-refractivity contribution in [2.45, 2.75) is 38.1 Å². The minimum atomic E-state index is -1.03. The highest BCUT2D eigenvalue weighted by atomic mass is 16.8. The van der Waals surface area contributed by atoms with Gasteiger partial charge in [-0.05, 0) is 18.6 Å². The highest BCUT2D eigenvalue weighted by molar-refractivity contribution is 6.09. The minimum absolute atomic E-state index is 0.0710. The summed E-state index contributed by atoms with van der Waals surface area (Å²) < 4.78 is 11.0. The fraction of sp³-hybridized carbons (Fsp3) is 0.400. The summed E-state index contributed by atoms with van der Waals surface area (Å²) in [4.78, 5) is 12.3. The van der Waals surface area contributed by atoms with Crippen molar-refractivity contribution in [3.8, 4) is 17.6 Å². The van der Waals surface area contributed by atoms with E-state index in [4.69, 9.17) is 9.47 Å². The summed E-state index contributed by atoms with van der Waals surface area (Å²) in [6.45, 7) is 2.11. The molecule has 0 aromatic heterocycles. The number of para-hydroxylation sites is 1. The second-order valence-corrected chi connectivity index (χ2v) is 4.53. The number of Topliss-reactive ketones (excluding diaryl/α,β-unsaturated/α-hetero) is 1. The predicted octanol–water partition coefficient (Wildman–Crippen LogP) is 2.55. The first-order chi connectivity index (χ1) is 8.78. The van der Waals surface area contributed by atoms with E-state index in [0.717, 1.165) is 19.3 Å². The lowest BCUT2D eigenvalue weighted by atomic mass is 9.94. The van der Waals surface area contributed by atoms with Crippen molar-refractivity contribution in [2.24, 2.45) is 0 Å². The Kier molecular flexibility index (Phi) is 2.61. The molecule has 2 aliphatic rings. The zero-order chi connectivity index (χ0) is 12.6. The van der Waals surface area contributed by atoms with E-state index >= 15 is 0 Å².